The Balaban J connectivity index is 2.05. The number of nitrogens with zero attached hydrogens (tertiary/aromatic N) is 3. The van der Waals surface area contributed by atoms with Crippen LogP contribution in [0.5, 0.6) is 0 Å². The van der Waals surface area contributed by atoms with Gasteiger partial charge in [-0.25, -0.2) is 0 Å². The predicted molar refractivity (Wildman–Crippen MR) is 72.7 cm³/mol. The molecule has 20 heavy (non-hydrogen) atoms. The van der Waals surface area contributed by atoms with Gasteiger partial charge in [-0.15, -0.1) is 10.2 Å². The van der Waals surface area contributed by atoms with E-state index in [1.165, 1.54) is 0 Å². The van der Waals surface area contributed by atoms with Crippen molar-refractivity contribution in [2.45, 2.75) is 32.2 Å². The third kappa shape index (κ3) is 3.66. The van der Waals surface area contributed by atoms with Crippen LogP contribution in [0.3, 0.4) is 0 Å². The Bertz CT molecular complexity index is 485. The first-order valence-electron chi connectivity index (χ1n) is 6.72. The van der Waals surface area contributed by atoms with Crippen LogP contribution in [0.4, 0.5) is 5.82 Å². The van der Waals surface area contributed by atoms with E-state index >= 15 is 0 Å². The van der Waals surface area contributed by atoms with Gasteiger partial charge in [-0.1, -0.05) is 0 Å². The highest BCUT2D eigenvalue weighted by Gasteiger charge is 2.30. The van der Waals surface area contributed by atoms with Crippen LogP contribution in [0.1, 0.15) is 36.7 Å². The standard InChI is InChI=1S/C13H18N4O3/c1-2-14-13(20)10-5-6-11(16-15-10)17(9-3-4-9)8-7-12(18)19/h5-6,9H,2-4,7-8H2,1H3,(H,14,20)(H,18,19). The number of hydrogen-bond acceptors (Lipinski definition) is 5. The number of aromatic nitrogens is 2. The average Bonchev–Trinajstić information content (AvgIpc) is 3.24. The average molecular weight is 278 g/mol. The summed E-state index contributed by atoms with van der Waals surface area (Å²) in [7, 11) is 0. The number of hydrogen-bond donors (Lipinski definition) is 2. The molecule has 1 aromatic rings. The van der Waals surface area contributed by atoms with E-state index < -0.39 is 5.97 Å². The van der Waals surface area contributed by atoms with E-state index in [1.54, 1.807) is 12.1 Å². The summed E-state index contributed by atoms with van der Waals surface area (Å²) in [4.78, 5) is 24.2. The SMILES string of the molecule is CCNC(=O)c1ccc(N(CCC(=O)O)C2CC2)nn1. The summed E-state index contributed by atoms with van der Waals surface area (Å²) in [6, 6.07) is 3.68. The molecule has 1 aliphatic rings. The molecular formula is C13H18N4O3. The molecule has 1 amide bonds. The third-order valence-electron chi connectivity index (χ3n) is 3.07. The van der Waals surface area contributed by atoms with Crippen molar-refractivity contribution in [2.75, 3.05) is 18.0 Å². The second-order valence-corrected chi connectivity index (χ2v) is 4.70. The highest BCUT2D eigenvalue weighted by molar-refractivity contribution is 5.92. The zero-order valence-corrected chi connectivity index (χ0v) is 11.4. The molecule has 0 radical (unpaired) electrons. The minimum absolute atomic E-state index is 0.0657. The lowest BCUT2D eigenvalue weighted by Gasteiger charge is -2.22. The zero-order valence-electron chi connectivity index (χ0n) is 11.4. The lowest BCUT2D eigenvalue weighted by molar-refractivity contribution is -0.136. The molecule has 0 aromatic carbocycles. The van der Waals surface area contributed by atoms with Crippen LogP contribution in [0.2, 0.25) is 0 Å². The monoisotopic (exact) mass is 278 g/mol. The molecule has 2 N–H and O–H groups in total. The molecule has 1 saturated carbocycles. The zero-order chi connectivity index (χ0) is 14.5. The number of aliphatic carboxylic acids is 1. The van der Waals surface area contributed by atoms with E-state index in [-0.39, 0.29) is 18.0 Å². The molecule has 0 unspecified atom stereocenters. The summed E-state index contributed by atoms with van der Waals surface area (Å²) in [6.45, 7) is 2.78. The Morgan fingerprint density at radius 2 is 2.15 bits per heavy atom. The Hall–Kier alpha value is -2.18. The quantitative estimate of drug-likeness (QED) is 0.761. The molecule has 1 fully saturated rings. The summed E-state index contributed by atoms with van der Waals surface area (Å²) < 4.78 is 0. The molecule has 2 rings (SSSR count). The maximum atomic E-state index is 11.6. The van der Waals surface area contributed by atoms with Crippen molar-refractivity contribution >= 4 is 17.7 Å². The molecule has 0 atom stereocenters. The third-order valence-corrected chi connectivity index (χ3v) is 3.07. The highest BCUT2D eigenvalue weighted by Crippen LogP contribution is 2.30. The van der Waals surface area contributed by atoms with E-state index in [9.17, 15) is 9.59 Å². The Morgan fingerprint density at radius 3 is 2.65 bits per heavy atom. The van der Waals surface area contributed by atoms with Crippen molar-refractivity contribution < 1.29 is 14.7 Å². The fraction of sp³-hybridized carbons (Fsp3) is 0.538. The van der Waals surface area contributed by atoms with Gasteiger partial charge in [0.05, 0.1) is 6.42 Å². The largest absolute Gasteiger partial charge is 0.481 e. The van der Waals surface area contributed by atoms with Gasteiger partial charge in [0.15, 0.2) is 11.5 Å². The molecule has 0 saturated heterocycles. The Kier molecular flexibility index (Phi) is 4.49. The number of nitrogens with one attached hydrogen (secondary N) is 1. The lowest BCUT2D eigenvalue weighted by atomic mass is 10.3. The van der Waals surface area contributed by atoms with Gasteiger partial charge in [-0.3, -0.25) is 9.59 Å². The minimum Gasteiger partial charge on any atom is -0.481 e. The van der Waals surface area contributed by atoms with Gasteiger partial charge in [0.25, 0.3) is 5.91 Å². The van der Waals surface area contributed by atoms with Crippen molar-refractivity contribution in [3.63, 3.8) is 0 Å². The molecule has 1 aliphatic carbocycles. The van der Waals surface area contributed by atoms with Crippen molar-refractivity contribution in [1.29, 1.82) is 0 Å². The second kappa shape index (κ2) is 6.31. The molecule has 7 heteroatoms. The number of rotatable bonds is 7. The van der Waals surface area contributed by atoms with E-state index in [4.69, 9.17) is 5.11 Å². The van der Waals surface area contributed by atoms with Gasteiger partial charge >= 0.3 is 5.97 Å². The molecule has 108 valence electrons. The van der Waals surface area contributed by atoms with E-state index in [0.717, 1.165) is 12.8 Å². The van der Waals surface area contributed by atoms with Crippen LogP contribution in [0, 0.1) is 0 Å². The summed E-state index contributed by atoms with van der Waals surface area (Å²) in [5, 5.41) is 19.4. The number of carbonyl (C=O) groups excluding carboxylic acids is 1. The smallest absolute Gasteiger partial charge is 0.305 e. The maximum Gasteiger partial charge on any atom is 0.305 e. The summed E-state index contributed by atoms with van der Waals surface area (Å²) in [6.07, 6.45) is 2.15. The second-order valence-electron chi connectivity index (χ2n) is 4.70. The van der Waals surface area contributed by atoms with E-state index in [0.29, 0.717) is 24.9 Å². The molecular weight excluding hydrogens is 260 g/mol. The van der Waals surface area contributed by atoms with E-state index in [2.05, 4.69) is 15.5 Å². The number of carboxylic acids is 1. The highest BCUT2D eigenvalue weighted by atomic mass is 16.4. The summed E-state index contributed by atoms with van der Waals surface area (Å²) in [5.74, 6) is -0.459. The fourth-order valence-corrected chi connectivity index (χ4v) is 1.94. The number of carboxylic acid groups (broad SMARTS) is 1. The first kappa shape index (κ1) is 14.2. The van der Waals surface area contributed by atoms with Crippen molar-refractivity contribution in [1.82, 2.24) is 15.5 Å². The Labute approximate surface area is 117 Å². The fourth-order valence-electron chi connectivity index (χ4n) is 1.94. The summed E-state index contributed by atoms with van der Waals surface area (Å²) >= 11 is 0. The van der Waals surface area contributed by atoms with Gasteiger partial charge < -0.3 is 15.3 Å². The first-order chi connectivity index (χ1) is 9.61. The molecule has 1 heterocycles. The topological polar surface area (TPSA) is 95.4 Å². The lowest BCUT2D eigenvalue weighted by Crippen LogP contribution is -2.30. The number of carbonyl (C=O) groups is 2. The van der Waals surface area contributed by atoms with Crippen LogP contribution in [-0.2, 0) is 4.79 Å². The molecule has 7 nitrogen and oxygen atoms in total. The van der Waals surface area contributed by atoms with Gasteiger partial charge in [-0.2, -0.15) is 0 Å². The molecule has 1 aromatic heterocycles. The number of anilines is 1. The minimum atomic E-state index is -0.831. The van der Waals surface area contributed by atoms with Crippen molar-refractivity contribution in [3.05, 3.63) is 17.8 Å². The molecule has 0 spiro atoms. The molecule has 0 aliphatic heterocycles. The summed E-state index contributed by atoms with van der Waals surface area (Å²) in [5.41, 5.74) is 0.268. The maximum absolute atomic E-state index is 11.6. The number of amides is 1. The predicted octanol–water partition coefficient (Wildman–Crippen LogP) is 0.670. The van der Waals surface area contributed by atoms with E-state index in [1.807, 2.05) is 11.8 Å². The van der Waals surface area contributed by atoms with Crippen LogP contribution < -0.4 is 10.2 Å². The van der Waals surface area contributed by atoms with Crippen molar-refractivity contribution in [2.24, 2.45) is 0 Å². The Morgan fingerprint density at radius 1 is 1.40 bits per heavy atom. The van der Waals surface area contributed by atoms with Crippen LogP contribution in [-0.4, -0.2) is 46.3 Å². The van der Waals surface area contributed by atoms with Gasteiger partial charge in [0, 0.05) is 19.1 Å². The molecule has 0 bridgehead atoms. The van der Waals surface area contributed by atoms with Crippen LogP contribution in [0.15, 0.2) is 12.1 Å². The van der Waals surface area contributed by atoms with Crippen LogP contribution in [0.25, 0.3) is 0 Å². The van der Waals surface area contributed by atoms with Crippen LogP contribution >= 0.6 is 0 Å². The van der Waals surface area contributed by atoms with Gasteiger partial charge in [0.2, 0.25) is 0 Å². The van der Waals surface area contributed by atoms with Gasteiger partial charge in [0.1, 0.15) is 0 Å². The van der Waals surface area contributed by atoms with Gasteiger partial charge in [-0.05, 0) is 31.9 Å². The van der Waals surface area contributed by atoms with Crippen molar-refractivity contribution in [3.8, 4) is 0 Å². The first-order valence-corrected chi connectivity index (χ1v) is 6.72. The normalized spacial score (nSPS) is 13.8.